The van der Waals surface area contributed by atoms with Crippen molar-refractivity contribution in [3.05, 3.63) is 45.9 Å². The fourth-order valence-electron chi connectivity index (χ4n) is 1.47. The Hall–Kier alpha value is -2.40. The van der Waals surface area contributed by atoms with Gasteiger partial charge in [0, 0.05) is 5.69 Å². The summed E-state index contributed by atoms with van der Waals surface area (Å²) in [5.41, 5.74) is -0.167. The van der Waals surface area contributed by atoms with E-state index in [1.165, 1.54) is 23.8 Å². The zero-order chi connectivity index (χ0) is 14.8. The minimum atomic E-state index is -4.66. The molecular formula is C12H6F3N3OS. The first-order valence-corrected chi connectivity index (χ1v) is 6.11. The molecule has 0 radical (unpaired) electrons. The summed E-state index contributed by atoms with van der Waals surface area (Å²) in [6.07, 6.45) is -3.34. The van der Waals surface area contributed by atoms with Gasteiger partial charge < -0.3 is 5.32 Å². The minimum Gasteiger partial charge on any atom is -0.321 e. The molecule has 1 aromatic carbocycles. The Balaban J connectivity index is 2.31. The SMILES string of the molecule is N#Cc1ccc(NC(=O)c2cncs2)cc1C(F)(F)F. The lowest BCUT2D eigenvalue weighted by atomic mass is 10.1. The summed E-state index contributed by atoms with van der Waals surface area (Å²) in [5, 5.41) is 11.0. The van der Waals surface area contributed by atoms with Crippen molar-refractivity contribution in [2.45, 2.75) is 6.18 Å². The average Bonchev–Trinajstić information content (AvgIpc) is 2.91. The molecule has 0 spiro atoms. The molecule has 0 saturated heterocycles. The summed E-state index contributed by atoms with van der Waals surface area (Å²) >= 11 is 1.07. The number of carbonyl (C=O) groups excluding carboxylic acids is 1. The Morgan fingerprint density at radius 2 is 2.15 bits per heavy atom. The third-order valence-electron chi connectivity index (χ3n) is 2.36. The number of carbonyl (C=O) groups is 1. The van der Waals surface area contributed by atoms with Crippen LogP contribution in [0, 0.1) is 11.3 Å². The Kier molecular flexibility index (Phi) is 3.72. The molecule has 1 amide bonds. The number of aromatic nitrogens is 1. The van der Waals surface area contributed by atoms with Crippen LogP contribution in [0.5, 0.6) is 0 Å². The Labute approximate surface area is 115 Å². The molecular weight excluding hydrogens is 291 g/mol. The van der Waals surface area contributed by atoms with Crippen LogP contribution in [-0.4, -0.2) is 10.9 Å². The normalized spacial score (nSPS) is 10.9. The summed E-state index contributed by atoms with van der Waals surface area (Å²) in [6, 6.07) is 4.46. The molecule has 0 unspecified atom stereocenters. The Morgan fingerprint density at radius 1 is 1.40 bits per heavy atom. The van der Waals surface area contributed by atoms with Crippen molar-refractivity contribution < 1.29 is 18.0 Å². The van der Waals surface area contributed by atoms with E-state index in [1.807, 2.05) is 0 Å². The molecule has 20 heavy (non-hydrogen) atoms. The van der Waals surface area contributed by atoms with Gasteiger partial charge in [-0.3, -0.25) is 9.78 Å². The third kappa shape index (κ3) is 2.95. The van der Waals surface area contributed by atoms with Crippen LogP contribution in [0.3, 0.4) is 0 Å². The molecule has 1 heterocycles. The third-order valence-corrected chi connectivity index (χ3v) is 3.13. The number of nitrogens with zero attached hydrogens (tertiary/aromatic N) is 2. The number of thiazole rings is 1. The molecule has 0 atom stereocenters. The van der Waals surface area contributed by atoms with Crippen LogP contribution in [-0.2, 0) is 6.18 Å². The highest BCUT2D eigenvalue weighted by atomic mass is 32.1. The molecule has 102 valence electrons. The Bertz CT molecular complexity index is 674. The number of anilines is 1. The van der Waals surface area contributed by atoms with Crippen molar-refractivity contribution >= 4 is 22.9 Å². The highest BCUT2D eigenvalue weighted by Crippen LogP contribution is 2.33. The predicted molar refractivity (Wildman–Crippen MR) is 66.2 cm³/mol. The second-order valence-corrected chi connectivity index (χ2v) is 4.58. The molecule has 8 heteroatoms. The van der Waals surface area contributed by atoms with Gasteiger partial charge in [0.25, 0.3) is 5.91 Å². The van der Waals surface area contributed by atoms with Gasteiger partial charge in [0.15, 0.2) is 0 Å². The standard InChI is InChI=1S/C12H6F3N3OS/c13-12(14,15)9-3-8(2-1-7(9)4-16)18-11(19)10-5-17-6-20-10/h1-3,5-6H,(H,18,19). The zero-order valence-corrected chi connectivity index (χ0v) is 10.5. The number of nitriles is 1. The van der Waals surface area contributed by atoms with Gasteiger partial charge in [-0.25, -0.2) is 0 Å². The molecule has 2 aromatic rings. The van der Waals surface area contributed by atoms with Gasteiger partial charge in [0.2, 0.25) is 0 Å². The lowest BCUT2D eigenvalue weighted by molar-refractivity contribution is -0.137. The highest BCUT2D eigenvalue weighted by Gasteiger charge is 2.34. The first-order chi connectivity index (χ1) is 9.41. The largest absolute Gasteiger partial charge is 0.417 e. The van der Waals surface area contributed by atoms with Gasteiger partial charge in [0.1, 0.15) is 4.88 Å². The number of hydrogen-bond donors (Lipinski definition) is 1. The topological polar surface area (TPSA) is 65.8 Å². The summed E-state index contributed by atoms with van der Waals surface area (Å²) < 4.78 is 38.3. The van der Waals surface area contributed by atoms with Crippen LogP contribution in [0.4, 0.5) is 18.9 Å². The smallest absolute Gasteiger partial charge is 0.321 e. The summed E-state index contributed by atoms with van der Waals surface area (Å²) in [7, 11) is 0. The highest BCUT2D eigenvalue weighted by molar-refractivity contribution is 7.11. The van der Waals surface area contributed by atoms with E-state index in [9.17, 15) is 18.0 Å². The van der Waals surface area contributed by atoms with Crippen LogP contribution in [0.1, 0.15) is 20.8 Å². The summed E-state index contributed by atoms with van der Waals surface area (Å²) in [6.45, 7) is 0. The fraction of sp³-hybridized carbons (Fsp3) is 0.0833. The first kappa shape index (κ1) is 14.0. The number of alkyl halides is 3. The van der Waals surface area contributed by atoms with E-state index in [-0.39, 0.29) is 10.6 Å². The molecule has 0 aliphatic rings. The van der Waals surface area contributed by atoms with E-state index < -0.39 is 23.2 Å². The minimum absolute atomic E-state index is 0.0327. The monoisotopic (exact) mass is 297 g/mol. The molecule has 0 bridgehead atoms. The van der Waals surface area contributed by atoms with Crippen LogP contribution >= 0.6 is 11.3 Å². The van der Waals surface area contributed by atoms with Crippen molar-refractivity contribution in [2.24, 2.45) is 0 Å². The predicted octanol–water partition coefficient (Wildman–Crippen LogP) is 3.29. The molecule has 0 saturated carbocycles. The number of benzene rings is 1. The lowest BCUT2D eigenvalue weighted by Crippen LogP contribution is -2.13. The summed E-state index contributed by atoms with van der Waals surface area (Å²) in [4.78, 5) is 15.7. The van der Waals surface area contributed by atoms with Crippen LogP contribution in [0.25, 0.3) is 0 Å². The molecule has 1 aromatic heterocycles. The van der Waals surface area contributed by atoms with Crippen LogP contribution in [0.2, 0.25) is 0 Å². The molecule has 0 fully saturated rings. The second kappa shape index (κ2) is 5.30. The van der Waals surface area contributed by atoms with E-state index >= 15 is 0 Å². The number of amides is 1. The van der Waals surface area contributed by atoms with Crippen LogP contribution < -0.4 is 5.32 Å². The average molecular weight is 297 g/mol. The van der Waals surface area contributed by atoms with E-state index in [1.54, 1.807) is 0 Å². The van der Waals surface area contributed by atoms with Crippen molar-refractivity contribution in [1.82, 2.24) is 4.98 Å². The van der Waals surface area contributed by atoms with E-state index in [0.717, 1.165) is 23.5 Å². The van der Waals surface area contributed by atoms with Gasteiger partial charge in [-0.1, -0.05) is 0 Å². The van der Waals surface area contributed by atoms with E-state index in [2.05, 4.69) is 10.3 Å². The second-order valence-electron chi connectivity index (χ2n) is 3.69. The van der Waals surface area contributed by atoms with Gasteiger partial charge >= 0.3 is 6.18 Å². The van der Waals surface area contributed by atoms with Crippen molar-refractivity contribution in [2.75, 3.05) is 5.32 Å². The lowest BCUT2D eigenvalue weighted by Gasteiger charge is -2.11. The molecule has 1 N–H and O–H groups in total. The van der Waals surface area contributed by atoms with Crippen molar-refractivity contribution in [3.63, 3.8) is 0 Å². The fourth-order valence-corrected chi connectivity index (χ4v) is 1.99. The molecule has 0 aliphatic carbocycles. The molecule has 2 rings (SSSR count). The molecule has 0 aliphatic heterocycles. The number of nitrogens with one attached hydrogen (secondary N) is 1. The maximum atomic E-state index is 12.8. The van der Waals surface area contributed by atoms with Crippen LogP contribution in [0.15, 0.2) is 29.9 Å². The quantitative estimate of drug-likeness (QED) is 0.925. The maximum Gasteiger partial charge on any atom is 0.417 e. The first-order valence-electron chi connectivity index (χ1n) is 5.23. The van der Waals surface area contributed by atoms with Gasteiger partial charge in [-0.2, -0.15) is 18.4 Å². The van der Waals surface area contributed by atoms with Crippen molar-refractivity contribution in [3.8, 4) is 6.07 Å². The molecule has 4 nitrogen and oxygen atoms in total. The van der Waals surface area contributed by atoms with Gasteiger partial charge in [0.05, 0.1) is 28.9 Å². The Morgan fingerprint density at radius 3 is 2.70 bits per heavy atom. The number of hydrogen-bond acceptors (Lipinski definition) is 4. The maximum absolute atomic E-state index is 12.8. The van der Waals surface area contributed by atoms with Crippen molar-refractivity contribution in [1.29, 1.82) is 5.26 Å². The van der Waals surface area contributed by atoms with Gasteiger partial charge in [-0.15, -0.1) is 11.3 Å². The zero-order valence-electron chi connectivity index (χ0n) is 9.73. The summed E-state index contributed by atoms with van der Waals surface area (Å²) in [5.74, 6) is -0.551. The number of halogens is 3. The van der Waals surface area contributed by atoms with Gasteiger partial charge in [-0.05, 0) is 18.2 Å². The number of rotatable bonds is 2. The van der Waals surface area contributed by atoms with E-state index in [4.69, 9.17) is 5.26 Å². The van der Waals surface area contributed by atoms with E-state index in [0.29, 0.717) is 0 Å².